The highest BCUT2D eigenvalue weighted by molar-refractivity contribution is 9.10. The first kappa shape index (κ1) is 17.7. The molecule has 2 aromatic rings. The van der Waals surface area contributed by atoms with E-state index in [1.807, 2.05) is 16.7 Å². The first-order valence-corrected chi connectivity index (χ1v) is 10.6. The Kier molecular flexibility index (Phi) is 3.81. The zero-order valence-corrected chi connectivity index (χ0v) is 17.4. The largest absolute Gasteiger partial charge is 0.465 e. The van der Waals surface area contributed by atoms with Crippen molar-refractivity contribution in [3.63, 3.8) is 0 Å². The maximum Gasteiger partial charge on any atom is 0.359 e. The highest BCUT2D eigenvalue weighted by atomic mass is 79.9. The summed E-state index contributed by atoms with van der Waals surface area (Å²) >= 11 is 3.57. The molecule has 6 heteroatoms. The lowest BCUT2D eigenvalue weighted by Gasteiger charge is -2.57. The Bertz CT molecular complexity index is 955. The first-order valence-electron chi connectivity index (χ1n) is 9.83. The van der Waals surface area contributed by atoms with E-state index in [0.717, 1.165) is 59.8 Å². The van der Waals surface area contributed by atoms with Crippen molar-refractivity contribution in [3.8, 4) is 0 Å². The molecule has 0 aliphatic carbocycles. The zero-order chi connectivity index (χ0) is 19.0. The van der Waals surface area contributed by atoms with Crippen LogP contribution in [0.15, 0.2) is 22.7 Å². The number of fused-ring (bicyclic) bond motifs is 3. The molecule has 0 amide bonds. The van der Waals surface area contributed by atoms with Crippen LogP contribution in [0.4, 0.5) is 0 Å². The van der Waals surface area contributed by atoms with Crippen molar-refractivity contribution >= 4 is 32.8 Å². The van der Waals surface area contributed by atoms with Gasteiger partial charge < -0.3 is 14.4 Å². The summed E-state index contributed by atoms with van der Waals surface area (Å²) in [5.74, 6) is -0.559. The maximum absolute atomic E-state index is 12.9. The van der Waals surface area contributed by atoms with Crippen molar-refractivity contribution in [2.75, 3.05) is 20.2 Å². The fraction of sp³-hybridized carbons (Fsp3) is 0.571. The van der Waals surface area contributed by atoms with Gasteiger partial charge >= 0.3 is 5.97 Å². The molecular formula is C21H25BrN2O3. The molecule has 144 valence electrons. The summed E-state index contributed by atoms with van der Waals surface area (Å²) in [7, 11) is 1.37. The third-order valence-corrected chi connectivity index (χ3v) is 7.73. The van der Waals surface area contributed by atoms with E-state index in [1.165, 1.54) is 12.7 Å². The average Bonchev–Trinajstić information content (AvgIpc) is 3.01. The molecule has 0 saturated carbocycles. The van der Waals surface area contributed by atoms with E-state index in [1.54, 1.807) is 0 Å². The number of nitrogens with zero attached hydrogens (tertiary/aromatic N) is 2. The van der Waals surface area contributed by atoms with Crippen molar-refractivity contribution < 1.29 is 14.6 Å². The first-order chi connectivity index (χ1) is 12.9. The van der Waals surface area contributed by atoms with Crippen molar-refractivity contribution in [2.45, 2.75) is 50.8 Å². The van der Waals surface area contributed by atoms with Crippen molar-refractivity contribution in [1.82, 2.24) is 9.47 Å². The summed E-state index contributed by atoms with van der Waals surface area (Å²) in [4.78, 5) is 15.5. The summed E-state index contributed by atoms with van der Waals surface area (Å²) in [6.45, 7) is 4.34. The van der Waals surface area contributed by atoms with Gasteiger partial charge in [0.05, 0.1) is 18.7 Å². The molecule has 0 bridgehead atoms. The van der Waals surface area contributed by atoms with E-state index in [4.69, 9.17) is 4.74 Å². The Morgan fingerprint density at radius 3 is 2.96 bits per heavy atom. The summed E-state index contributed by atoms with van der Waals surface area (Å²) in [6, 6.07) is 6.44. The van der Waals surface area contributed by atoms with Gasteiger partial charge in [0.25, 0.3) is 0 Å². The second-order valence-electron chi connectivity index (χ2n) is 8.35. The van der Waals surface area contributed by atoms with Gasteiger partial charge in [-0.2, -0.15) is 0 Å². The van der Waals surface area contributed by atoms with Gasteiger partial charge in [-0.1, -0.05) is 28.9 Å². The molecule has 4 heterocycles. The highest BCUT2D eigenvalue weighted by Gasteiger charge is 2.60. The summed E-state index contributed by atoms with van der Waals surface area (Å²) in [5, 5.41) is 12.9. The Hall–Kier alpha value is -1.37. The number of halogens is 1. The Balaban J connectivity index is 1.90. The van der Waals surface area contributed by atoms with Crippen molar-refractivity contribution in [2.24, 2.45) is 5.41 Å². The fourth-order valence-electron chi connectivity index (χ4n) is 6.12. The van der Waals surface area contributed by atoms with Gasteiger partial charge in [-0.15, -0.1) is 0 Å². The highest BCUT2D eigenvalue weighted by Crippen LogP contribution is 2.60. The number of aromatic nitrogens is 1. The quantitative estimate of drug-likeness (QED) is 0.734. The molecule has 5 nitrogen and oxygen atoms in total. The number of aliphatic hydroxyl groups is 1. The lowest BCUT2D eigenvalue weighted by Crippen LogP contribution is -2.60. The van der Waals surface area contributed by atoms with Gasteiger partial charge in [-0.3, -0.25) is 4.90 Å². The van der Waals surface area contributed by atoms with Crippen LogP contribution in [0.2, 0.25) is 0 Å². The lowest BCUT2D eigenvalue weighted by atomic mass is 9.62. The SMILES string of the molecule is CC[C@]12CCCN3CCc4c(n(c5cc(Br)ccc45)[C@](O)(C(=O)OC)C1)[C@H]32. The van der Waals surface area contributed by atoms with E-state index in [0.29, 0.717) is 6.42 Å². The van der Waals surface area contributed by atoms with Crippen LogP contribution in [0.25, 0.3) is 10.9 Å². The number of esters is 1. The molecule has 3 aliphatic heterocycles. The normalized spacial score (nSPS) is 32.4. The topological polar surface area (TPSA) is 54.7 Å². The summed E-state index contributed by atoms with van der Waals surface area (Å²) in [5.41, 5.74) is 1.58. The minimum absolute atomic E-state index is 0.0992. The number of hydrogen-bond acceptors (Lipinski definition) is 4. The number of carbonyl (C=O) groups is 1. The second-order valence-corrected chi connectivity index (χ2v) is 9.27. The number of piperidine rings is 1. The fourth-order valence-corrected chi connectivity index (χ4v) is 6.47. The molecule has 5 rings (SSSR count). The van der Waals surface area contributed by atoms with E-state index in [-0.39, 0.29) is 11.5 Å². The van der Waals surface area contributed by atoms with Crippen molar-refractivity contribution in [3.05, 3.63) is 33.9 Å². The number of hydrogen-bond donors (Lipinski definition) is 1. The van der Waals surface area contributed by atoms with E-state index < -0.39 is 11.7 Å². The number of methoxy groups -OCH3 is 1. The van der Waals surface area contributed by atoms with Crippen LogP contribution in [0.5, 0.6) is 0 Å². The Labute approximate surface area is 167 Å². The predicted octanol–water partition coefficient (Wildman–Crippen LogP) is 3.72. The molecule has 3 aliphatic rings. The molecule has 1 aromatic carbocycles. The van der Waals surface area contributed by atoms with Crippen LogP contribution in [-0.2, 0) is 21.7 Å². The molecule has 1 fully saturated rings. The number of ether oxygens (including phenoxy) is 1. The van der Waals surface area contributed by atoms with Gasteiger partial charge in [-0.25, -0.2) is 4.79 Å². The summed E-state index contributed by atoms with van der Waals surface area (Å²) in [6.07, 6.45) is 4.45. The zero-order valence-electron chi connectivity index (χ0n) is 15.8. The number of benzene rings is 1. The minimum atomic E-state index is -1.66. The molecule has 27 heavy (non-hydrogen) atoms. The van der Waals surface area contributed by atoms with E-state index >= 15 is 0 Å². The maximum atomic E-state index is 12.9. The predicted molar refractivity (Wildman–Crippen MR) is 106 cm³/mol. The third-order valence-electron chi connectivity index (χ3n) is 7.23. The van der Waals surface area contributed by atoms with E-state index in [9.17, 15) is 9.90 Å². The van der Waals surface area contributed by atoms with Crippen LogP contribution >= 0.6 is 15.9 Å². The van der Waals surface area contributed by atoms with Gasteiger partial charge in [-0.05, 0) is 55.3 Å². The van der Waals surface area contributed by atoms with Gasteiger partial charge in [0.15, 0.2) is 0 Å². The second kappa shape index (κ2) is 5.82. The Morgan fingerprint density at radius 1 is 1.41 bits per heavy atom. The molecule has 1 N–H and O–H groups in total. The minimum Gasteiger partial charge on any atom is -0.465 e. The molecular weight excluding hydrogens is 408 g/mol. The number of rotatable bonds is 2. The molecule has 1 saturated heterocycles. The van der Waals surface area contributed by atoms with Crippen molar-refractivity contribution in [1.29, 1.82) is 0 Å². The third kappa shape index (κ3) is 2.15. The smallest absolute Gasteiger partial charge is 0.359 e. The molecule has 3 atom stereocenters. The van der Waals surface area contributed by atoms with Crippen LogP contribution in [-0.4, -0.2) is 40.7 Å². The van der Waals surface area contributed by atoms with Crippen LogP contribution < -0.4 is 0 Å². The van der Waals surface area contributed by atoms with E-state index in [2.05, 4.69) is 33.8 Å². The molecule has 0 unspecified atom stereocenters. The molecule has 1 aromatic heterocycles. The number of carbonyl (C=O) groups excluding carboxylic acids is 1. The van der Waals surface area contributed by atoms with Gasteiger partial charge in [0.1, 0.15) is 0 Å². The van der Waals surface area contributed by atoms with Crippen LogP contribution in [0.1, 0.15) is 49.9 Å². The Morgan fingerprint density at radius 2 is 2.22 bits per heavy atom. The standard InChI is InChI=1S/C21H25BrN2O3/c1-3-20-8-4-9-23-10-7-15-14-6-5-13(22)11-16(14)24(17(15)18(20)23)21(26,12-20)19(25)27-2/h5-6,11,18,26H,3-4,7-10,12H2,1-2H3/t18-,20-,21+/m0/s1. The van der Waals surface area contributed by atoms with Gasteiger partial charge in [0.2, 0.25) is 5.72 Å². The average molecular weight is 433 g/mol. The summed E-state index contributed by atoms with van der Waals surface area (Å²) < 4.78 is 7.97. The lowest BCUT2D eigenvalue weighted by molar-refractivity contribution is -0.194. The monoisotopic (exact) mass is 432 g/mol. The molecule has 0 spiro atoms. The molecule has 0 radical (unpaired) electrons. The van der Waals surface area contributed by atoms with Crippen LogP contribution in [0.3, 0.4) is 0 Å². The van der Waals surface area contributed by atoms with Crippen LogP contribution in [0, 0.1) is 5.41 Å². The van der Waals surface area contributed by atoms with Gasteiger partial charge in [0, 0.05) is 28.5 Å².